The normalized spacial score (nSPS) is 12.7. The molecule has 2 aromatic rings. The van der Waals surface area contributed by atoms with Crippen LogP contribution in [0.5, 0.6) is 0 Å². The van der Waals surface area contributed by atoms with Gasteiger partial charge < -0.3 is 14.6 Å². The molecular weight excluding hydrogens is 252 g/mol. The zero-order chi connectivity index (χ0) is 14.5. The van der Waals surface area contributed by atoms with E-state index in [9.17, 15) is 0 Å². The molecule has 2 rings (SSSR count). The second-order valence-corrected chi connectivity index (χ2v) is 5.14. The van der Waals surface area contributed by atoms with Gasteiger partial charge in [0.25, 0.3) is 0 Å². The fourth-order valence-corrected chi connectivity index (χ4v) is 1.89. The number of hydrogen-bond donors (Lipinski definition) is 1. The van der Waals surface area contributed by atoms with Gasteiger partial charge in [0.15, 0.2) is 0 Å². The van der Waals surface area contributed by atoms with Gasteiger partial charge in [-0.05, 0) is 33.4 Å². The number of aromatic nitrogens is 2. The highest BCUT2D eigenvalue weighted by atomic mass is 16.4. The Labute approximate surface area is 120 Å². The van der Waals surface area contributed by atoms with E-state index in [-0.39, 0.29) is 12.1 Å². The number of benzene rings is 1. The molecule has 0 saturated heterocycles. The monoisotopic (exact) mass is 274 g/mol. The van der Waals surface area contributed by atoms with Crippen molar-refractivity contribution in [2.24, 2.45) is 0 Å². The van der Waals surface area contributed by atoms with Crippen molar-refractivity contribution in [2.45, 2.75) is 39.4 Å². The van der Waals surface area contributed by atoms with Crippen LogP contribution in [0.15, 0.2) is 34.7 Å². The van der Waals surface area contributed by atoms with Gasteiger partial charge in [0.2, 0.25) is 5.89 Å². The molecule has 5 nitrogen and oxygen atoms in total. The molecule has 0 aliphatic rings. The maximum absolute atomic E-state index is 5.77. The largest absolute Gasteiger partial charge is 0.406 e. The molecular formula is C15H22N4O. The summed E-state index contributed by atoms with van der Waals surface area (Å²) >= 11 is 0. The van der Waals surface area contributed by atoms with Crippen LogP contribution in [0.2, 0.25) is 0 Å². The highest BCUT2D eigenvalue weighted by Gasteiger charge is 2.19. The van der Waals surface area contributed by atoms with Gasteiger partial charge in [-0.1, -0.05) is 35.4 Å². The summed E-state index contributed by atoms with van der Waals surface area (Å²) in [6.07, 6.45) is 0. The fourth-order valence-electron chi connectivity index (χ4n) is 1.89. The van der Waals surface area contributed by atoms with E-state index in [1.165, 1.54) is 5.56 Å². The van der Waals surface area contributed by atoms with Crippen molar-refractivity contribution in [1.29, 1.82) is 0 Å². The predicted octanol–water partition coefficient (Wildman–Crippen LogP) is 2.77. The smallest absolute Gasteiger partial charge is 0.318 e. The lowest BCUT2D eigenvalue weighted by atomic mass is 10.2. The van der Waals surface area contributed by atoms with Gasteiger partial charge in [0, 0.05) is 12.6 Å². The van der Waals surface area contributed by atoms with Crippen LogP contribution in [0.25, 0.3) is 0 Å². The molecule has 0 saturated carbocycles. The maximum Gasteiger partial charge on any atom is 0.318 e. The molecule has 0 spiro atoms. The van der Waals surface area contributed by atoms with Crippen molar-refractivity contribution in [2.75, 3.05) is 11.9 Å². The first-order chi connectivity index (χ1) is 9.61. The first kappa shape index (κ1) is 14.5. The summed E-state index contributed by atoms with van der Waals surface area (Å²) in [7, 11) is 1.87. The Morgan fingerprint density at radius 1 is 1.15 bits per heavy atom. The van der Waals surface area contributed by atoms with E-state index in [1.807, 2.05) is 32.2 Å². The van der Waals surface area contributed by atoms with Crippen molar-refractivity contribution < 1.29 is 4.42 Å². The number of anilines is 1. The highest BCUT2D eigenvalue weighted by molar-refractivity contribution is 5.30. The van der Waals surface area contributed by atoms with E-state index in [1.54, 1.807) is 0 Å². The van der Waals surface area contributed by atoms with E-state index in [0.29, 0.717) is 11.9 Å². The van der Waals surface area contributed by atoms with Crippen LogP contribution in [-0.4, -0.2) is 23.3 Å². The van der Waals surface area contributed by atoms with Crippen LogP contribution in [0.4, 0.5) is 6.01 Å². The van der Waals surface area contributed by atoms with Crippen LogP contribution in [0.3, 0.4) is 0 Å². The number of hydrogen-bond acceptors (Lipinski definition) is 5. The Balaban J connectivity index is 2.18. The first-order valence-corrected chi connectivity index (χ1v) is 6.93. The molecule has 5 heteroatoms. The molecule has 1 unspecified atom stereocenters. The molecule has 0 bridgehead atoms. The molecule has 1 aromatic carbocycles. The molecule has 1 heterocycles. The standard InChI is InChI=1S/C15H22N4O/c1-11(2)19(10-13-8-6-5-7-9-13)15-18-17-14(20-15)12(3)16-4/h5-9,11-12,16H,10H2,1-4H3. The van der Waals surface area contributed by atoms with Crippen LogP contribution >= 0.6 is 0 Å². The summed E-state index contributed by atoms with van der Waals surface area (Å²) in [6.45, 7) is 6.99. The van der Waals surface area contributed by atoms with Gasteiger partial charge in [0.05, 0.1) is 6.04 Å². The van der Waals surface area contributed by atoms with Gasteiger partial charge in [-0.3, -0.25) is 0 Å². The van der Waals surface area contributed by atoms with Gasteiger partial charge >= 0.3 is 6.01 Å². The SMILES string of the molecule is CNC(C)c1nnc(N(Cc2ccccc2)C(C)C)o1. The zero-order valence-corrected chi connectivity index (χ0v) is 12.5. The third-order valence-corrected chi connectivity index (χ3v) is 3.30. The second-order valence-electron chi connectivity index (χ2n) is 5.14. The van der Waals surface area contributed by atoms with Crippen molar-refractivity contribution >= 4 is 6.01 Å². The van der Waals surface area contributed by atoms with Crippen molar-refractivity contribution in [3.05, 3.63) is 41.8 Å². The third kappa shape index (κ3) is 3.36. The summed E-state index contributed by atoms with van der Waals surface area (Å²) in [6, 6.07) is 11.2. The van der Waals surface area contributed by atoms with Crippen LogP contribution in [-0.2, 0) is 6.54 Å². The third-order valence-electron chi connectivity index (χ3n) is 3.30. The number of nitrogens with one attached hydrogen (secondary N) is 1. The van der Waals surface area contributed by atoms with Crippen LogP contribution in [0.1, 0.15) is 38.3 Å². The van der Waals surface area contributed by atoms with Gasteiger partial charge in [0.1, 0.15) is 0 Å². The van der Waals surface area contributed by atoms with E-state index < -0.39 is 0 Å². The summed E-state index contributed by atoms with van der Waals surface area (Å²) < 4.78 is 5.77. The van der Waals surface area contributed by atoms with Gasteiger partial charge in [-0.2, -0.15) is 0 Å². The highest BCUT2D eigenvalue weighted by Crippen LogP contribution is 2.21. The molecule has 0 aliphatic carbocycles. The maximum atomic E-state index is 5.77. The lowest BCUT2D eigenvalue weighted by Gasteiger charge is -2.24. The summed E-state index contributed by atoms with van der Waals surface area (Å²) in [5, 5.41) is 11.4. The average Bonchev–Trinajstić information content (AvgIpc) is 2.94. The first-order valence-electron chi connectivity index (χ1n) is 6.93. The minimum Gasteiger partial charge on any atom is -0.406 e. The second kappa shape index (κ2) is 6.52. The van der Waals surface area contributed by atoms with Crippen molar-refractivity contribution in [3.63, 3.8) is 0 Å². The van der Waals surface area contributed by atoms with Gasteiger partial charge in [-0.15, -0.1) is 5.10 Å². The molecule has 0 radical (unpaired) electrons. The van der Waals surface area contributed by atoms with E-state index >= 15 is 0 Å². The zero-order valence-electron chi connectivity index (χ0n) is 12.5. The van der Waals surface area contributed by atoms with Crippen LogP contribution < -0.4 is 10.2 Å². The van der Waals surface area contributed by atoms with E-state index in [2.05, 4.69) is 46.4 Å². The summed E-state index contributed by atoms with van der Waals surface area (Å²) in [4.78, 5) is 2.11. The predicted molar refractivity (Wildman–Crippen MR) is 79.5 cm³/mol. The quantitative estimate of drug-likeness (QED) is 0.877. The molecule has 1 aromatic heterocycles. The Kier molecular flexibility index (Phi) is 4.74. The number of rotatable bonds is 6. The summed E-state index contributed by atoms with van der Waals surface area (Å²) in [5.41, 5.74) is 1.22. The molecule has 0 aliphatic heterocycles. The van der Waals surface area contributed by atoms with Crippen LogP contribution in [0, 0.1) is 0 Å². The molecule has 108 valence electrons. The lowest BCUT2D eigenvalue weighted by molar-refractivity contribution is 0.422. The Bertz CT molecular complexity index is 524. The minimum atomic E-state index is 0.0574. The summed E-state index contributed by atoms with van der Waals surface area (Å²) in [5.74, 6) is 0.612. The van der Waals surface area contributed by atoms with E-state index in [4.69, 9.17) is 4.42 Å². The van der Waals surface area contributed by atoms with Gasteiger partial charge in [-0.25, -0.2) is 0 Å². The number of nitrogens with zero attached hydrogens (tertiary/aromatic N) is 3. The lowest BCUT2D eigenvalue weighted by Crippen LogP contribution is -2.30. The van der Waals surface area contributed by atoms with Crippen molar-refractivity contribution in [1.82, 2.24) is 15.5 Å². The molecule has 1 N–H and O–H groups in total. The molecule has 20 heavy (non-hydrogen) atoms. The van der Waals surface area contributed by atoms with Crippen molar-refractivity contribution in [3.8, 4) is 0 Å². The van der Waals surface area contributed by atoms with E-state index in [0.717, 1.165) is 6.54 Å². The molecule has 0 amide bonds. The Hall–Kier alpha value is -1.88. The fraction of sp³-hybridized carbons (Fsp3) is 0.467. The minimum absolute atomic E-state index is 0.0574. The Morgan fingerprint density at radius 3 is 2.45 bits per heavy atom. The Morgan fingerprint density at radius 2 is 1.85 bits per heavy atom. The topological polar surface area (TPSA) is 54.2 Å². The average molecular weight is 274 g/mol. The molecule has 1 atom stereocenters. The molecule has 0 fully saturated rings.